The molecular formula is C16H17N3O4S. The summed E-state index contributed by atoms with van der Waals surface area (Å²) in [6.07, 6.45) is 0. The Morgan fingerprint density at radius 3 is 2.04 bits per heavy atom. The Hall–Kier alpha value is -2.87. The number of thiol groups is 1. The van der Waals surface area contributed by atoms with Crippen molar-refractivity contribution in [1.29, 1.82) is 0 Å². The Labute approximate surface area is 144 Å². The maximum atomic E-state index is 12.3. The lowest BCUT2D eigenvalue weighted by molar-refractivity contribution is 0.100. The monoisotopic (exact) mass is 347 g/mol. The second kappa shape index (κ2) is 7.60. The number of primary amides is 1. The van der Waals surface area contributed by atoms with Crippen LogP contribution in [0.25, 0.3) is 0 Å². The molecule has 2 aromatic carbocycles. The first-order chi connectivity index (χ1) is 11.4. The van der Waals surface area contributed by atoms with Gasteiger partial charge in [0, 0.05) is 29.4 Å². The van der Waals surface area contributed by atoms with E-state index >= 15 is 0 Å². The van der Waals surface area contributed by atoms with E-state index in [-0.39, 0.29) is 0 Å². The molecule has 0 saturated carbocycles. The molecule has 2 aromatic rings. The van der Waals surface area contributed by atoms with Gasteiger partial charge in [-0.15, -0.1) is 0 Å². The minimum absolute atomic E-state index is 0.346. The van der Waals surface area contributed by atoms with Crippen LogP contribution in [0, 0.1) is 0 Å². The summed E-state index contributed by atoms with van der Waals surface area (Å²) in [5.74, 6) is 0.544. The van der Waals surface area contributed by atoms with Crippen LogP contribution in [0.15, 0.2) is 42.5 Å². The number of rotatable bonds is 5. The molecule has 126 valence electrons. The first-order valence-electron chi connectivity index (χ1n) is 6.87. The number of methoxy groups -OCH3 is 2. The molecule has 0 saturated heterocycles. The van der Waals surface area contributed by atoms with Crippen LogP contribution < -0.4 is 24.8 Å². The molecule has 3 N–H and O–H groups in total. The summed E-state index contributed by atoms with van der Waals surface area (Å²) in [5.41, 5.74) is 6.50. The third-order valence-corrected chi connectivity index (χ3v) is 3.60. The lowest BCUT2D eigenvalue weighted by atomic mass is 10.2. The number of nitrogens with zero attached hydrogens (tertiary/aromatic N) is 1. The van der Waals surface area contributed by atoms with Crippen LogP contribution >= 0.6 is 12.8 Å². The third kappa shape index (κ3) is 4.11. The summed E-state index contributed by atoms with van der Waals surface area (Å²) in [7, 11) is 3.04. The van der Waals surface area contributed by atoms with Gasteiger partial charge in [0.1, 0.15) is 11.5 Å². The molecule has 24 heavy (non-hydrogen) atoms. The molecule has 0 aliphatic heterocycles. The van der Waals surface area contributed by atoms with Crippen molar-refractivity contribution in [3.63, 3.8) is 0 Å². The Morgan fingerprint density at radius 1 is 1.04 bits per heavy atom. The molecule has 0 bridgehead atoms. The summed E-state index contributed by atoms with van der Waals surface area (Å²) >= 11 is 4.17. The van der Waals surface area contributed by atoms with E-state index in [4.69, 9.17) is 15.2 Å². The second-order valence-electron chi connectivity index (χ2n) is 4.75. The van der Waals surface area contributed by atoms with E-state index in [9.17, 15) is 9.59 Å². The summed E-state index contributed by atoms with van der Waals surface area (Å²) in [6.45, 7) is 0. The van der Waals surface area contributed by atoms with E-state index in [1.165, 1.54) is 26.4 Å². The van der Waals surface area contributed by atoms with Gasteiger partial charge in [-0.3, -0.25) is 4.79 Å². The average Bonchev–Trinajstić information content (AvgIpc) is 2.60. The van der Waals surface area contributed by atoms with Crippen molar-refractivity contribution in [3.8, 4) is 11.5 Å². The number of amides is 3. The maximum absolute atomic E-state index is 12.3. The molecule has 0 aliphatic carbocycles. The zero-order valence-corrected chi connectivity index (χ0v) is 14.0. The molecular weight excluding hydrogens is 330 g/mol. The molecule has 2 rings (SSSR count). The number of hydrogen-bond donors (Lipinski definition) is 3. The largest absolute Gasteiger partial charge is 0.497 e. The molecule has 3 amide bonds. The summed E-state index contributed by atoms with van der Waals surface area (Å²) in [5, 5.41) is 2.69. The van der Waals surface area contributed by atoms with Gasteiger partial charge in [-0.05, 0) is 24.3 Å². The Bertz CT molecular complexity index is 727. The van der Waals surface area contributed by atoms with Crippen LogP contribution in [-0.2, 0) is 0 Å². The first-order valence-corrected chi connectivity index (χ1v) is 7.27. The fourth-order valence-electron chi connectivity index (χ4n) is 1.94. The Balaban J connectivity index is 2.15. The number of nitrogens with one attached hydrogen (secondary N) is 1. The number of carbonyl (C=O) groups excluding carboxylic acids is 2. The molecule has 0 atom stereocenters. The third-order valence-electron chi connectivity index (χ3n) is 3.19. The standard InChI is InChI=1S/C16H17N3O4S/c1-22-13-7-11(8-14(9-13)23-2)18-16(21)19(24)12-5-3-10(4-6-12)15(17)20/h3-9,24H,1-2H3,(H2,17,20)(H,18,21). The molecule has 8 heteroatoms. The molecule has 0 fully saturated rings. The van der Waals surface area contributed by atoms with Crippen molar-refractivity contribution in [2.24, 2.45) is 5.73 Å². The SMILES string of the molecule is COc1cc(NC(=O)N(S)c2ccc(C(N)=O)cc2)cc(OC)c1. The minimum atomic E-state index is -0.541. The van der Waals surface area contributed by atoms with Crippen molar-refractivity contribution in [1.82, 2.24) is 0 Å². The normalized spacial score (nSPS) is 9.96. The van der Waals surface area contributed by atoms with E-state index < -0.39 is 11.9 Å². The van der Waals surface area contributed by atoms with Crippen molar-refractivity contribution in [3.05, 3.63) is 48.0 Å². The summed E-state index contributed by atoms with van der Waals surface area (Å²) in [4.78, 5) is 23.4. The van der Waals surface area contributed by atoms with Crippen LogP contribution in [0.4, 0.5) is 16.2 Å². The molecule has 0 aromatic heterocycles. The number of hydrogen-bond acceptors (Lipinski definition) is 5. The number of anilines is 2. The fraction of sp³-hybridized carbons (Fsp3) is 0.125. The molecule has 0 unspecified atom stereocenters. The molecule has 0 spiro atoms. The Morgan fingerprint density at radius 2 is 1.58 bits per heavy atom. The number of urea groups is 1. The predicted octanol–water partition coefficient (Wildman–Crippen LogP) is 2.69. The van der Waals surface area contributed by atoms with Gasteiger partial charge >= 0.3 is 6.03 Å². The highest BCUT2D eigenvalue weighted by atomic mass is 32.1. The van der Waals surface area contributed by atoms with Crippen LogP contribution in [0.5, 0.6) is 11.5 Å². The molecule has 0 radical (unpaired) electrons. The van der Waals surface area contributed by atoms with Crippen molar-refractivity contribution in [2.45, 2.75) is 0 Å². The molecule has 0 heterocycles. The number of benzene rings is 2. The van der Waals surface area contributed by atoms with Gasteiger partial charge in [0.15, 0.2) is 0 Å². The predicted molar refractivity (Wildman–Crippen MR) is 95.0 cm³/mol. The van der Waals surface area contributed by atoms with Gasteiger partial charge in [-0.1, -0.05) is 12.8 Å². The minimum Gasteiger partial charge on any atom is -0.497 e. The van der Waals surface area contributed by atoms with E-state index in [2.05, 4.69) is 18.1 Å². The van der Waals surface area contributed by atoms with Crippen LogP contribution in [0.1, 0.15) is 10.4 Å². The lowest BCUT2D eigenvalue weighted by Crippen LogP contribution is -2.26. The van der Waals surface area contributed by atoms with Crippen molar-refractivity contribution < 1.29 is 19.1 Å². The van der Waals surface area contributed by atoms with Crippen LogP contribution in [0.2, 0.25) is 0 Å². The van der Waals surface area contributed by atoms with Gasteiger partial charge in [-0.2, -0.15) is 0 Å². The van der Waals surface area contributed by atoms with E-state index in [1.54, 1.807) is 30.3 Å². The average molecular weight is 347 g/mol. The van der Waals surface area contributed by atoms with Gasteiger partial charge in [0.2, 0.25) is 5.91 Å². The van der Waals surface area contributed by atoms with Gasteiger partial charge < -0.3 is 20.5 Å². The summed E-state index contributed by atoms with van der Waals surface area (Å²) in [6, 6.07) is 10.7. The highest BCUT2D eigenvalue weighted by Gasteiger charge is 2.14. The van der Waals surface area contributed by atoms with E-state index in [0.29, 0.717) is 28.4 Å². The van der Waals surface area contributed by atoms with E-state index in [0.717, 1.165) is 4.31 Å². The maximum Gasteiger partial charge on any atom is 0.336 e. The zero-order chi connectivity index (χ0) is 17.7. The first kappa shape index (κ1) is 17.5. The molecule has 7 nitrogen and oxygen atoms in total. The summed E-state index contributed by atoms with van der Waals surface area (Å²) < 4.78 is 11.4. The Kier molecular flexibility index (Phi) is 5.54. The lowest BCUT2D eigenvalue weighted by Gasteiger charge is -2.17. The zero-order valence-electron chi connectivity index (χ0n) is 13.1. The second-order valence-corrected chi connectivity index (χ2v) is 5.15. The van der Waals surface area contributed by atoms with Crippen molar-refractivity contribution in [2.75, 3.05) is 23.8 Å². The van der Waals surface area contributed by atoms with Gasteiger partial charge in [0.25, 0.3) is 0 Å². The van der Waals surface area contributed by atoms with Crippen LogP contribution in [-0.4, -0.2) is 26.2 Å². The molecule has 0 aliphatic rings. The van der Waals surface area contributed by atoms with E-state index in [1.807, 2.05) is 0 Å². The van der Waals surface area contributed by atoms with Gasteiger partial charge in [-0.25, -0.2) is 9.10 Å². The smallest absolute Gasteiger partial charge is 0.336 e. The van der Waals surface area contributed by atoms with Crippen molar-refractivity contribution >= 4 is 36.1 Å². The highest BCUT2D eigenvalue weighted by Crippen LogP contribution is 2.26. The quantitative estimate of drug-likeness (QED) is 0.725. The number of nitrogens with two attached hydrogens (primary N) is 1. The topological polar surface area (TPSA) is 93.9 Å². The highest BCUT2D eigenvalue weighted by molar-refractivity contribution is 7.82. The van der Waals surface area contributed by atoms with Gasteiger partial charge in [0.05, 0.1) is 19.9 Å². The van der Waals surface area contributed by atoms with Crippen LogP contribution in [0.3, 0.4) is 0 Å². The fourth-order valence-corrected chi connectivity index (χ4v) is 2.12. The number of ether oxygens (including phenoxy) is 2. The number of carbonyl (C=O) groups is 2.